The van der Waals surface area contributed by atoms with Gasteiger partial charge in [-0.3, -0.25) is 4.79 Å². The molecule has 1 rings (SSSR count). The molecule has 0 unspecified atom stereocenters. The van der Waals surface area contributed by atoms with E-state index in [0.29, 0.717) is 0 Å². The molecule has 2 nitrogen and oxygen atoms in total. The van der Waals surface area contributed by atoms with Gasteiger partial charge in [0.05, 0.1) is 12.5 Å². The summed E-state index contributed by atoms with van der Waals surface area (Å²) in [6.07, 6.45) is 4.29. The third-order valence-electron chi connectivity index (χ3n) is 0.586. The molecule has 0 N–H and O–H groups in total. The molecular weight excluding hydrogens is 152 g/mol. The molecule has 0 aromatic carbocycles. The number of allylic oxidation sites excluding steroid dienone is 1. The highest BCUT2D eigenvalue weighted by Gasteiger charge is 1.74. The maximum atomic E-state index is 9.46. The van der Waals surface area contributed by atoms with Crippen LogP contribution in [0.4, 0.5) is 0 Å². The van der Waals surface area contributed by atoms with Crippen LogP contribution in [0.3, 0.4) is 0 Å². The summed E-state index contributed by atoms with van der Waals surface area (Å²) in [4.78, 5) is 9.46. The fourth-order valence-corrected chi connectivity index (χ4v) is 0.227. The lowest BCUT2D eigenvalue weighted by molar-refractivity contribution is -0.107. The summed E-state index contributed by atoms with van der Waals surface area (Å²) in [5.74, 6) is 0. The fourth-order valence-electron chi connectivity index (χ4n) is 0.227. The van der Waals surface area contributed by atoms with E-state index in [2.05, 4.69) is 11.0 Å². The van der Waals surface area contributed by atoms with Crippen molar-refractivity contribution in [1.29, 1.82) is 0 Å². The first-order chi connectivity index (χ1) is 4.77. The summed E-state index contributed by atoms with van der Waals surface area (Å²) < 4.78 is 4.58. The highest BCUT2D eigenvalue weighted by molar-refractivity contribution is 6.66. The Morgan fingerprint density at radius 2 is 1.90 bits per heavy atom. The minimum Gasteiger partial charge on any atom is -0.473 e. The molecule has 0 saturated carbocycles. The Morgan fingerprint density at radius 1 is 1.50 bits per heavy atom. The Kier molecular flexibility index (Phi) is 5.48. The number of furan rings is 1. The summed E-state index contributed by atoms with van der Waals surface area (Å²) in [5, 5.41) is -0.509. The SMILES string of the molecule is C=CC(=O)Cl.c1ccoc1. The maximum Gasteiger partial charge on any atom is 0.244 e. The van der Waals surface area contributed by atoms with E-state index in [4.69, 9.17) is 11.6 Å². The molecule has 10 heavy (non-hydrogen) atoms. The number of halogens is 1. The summed E-state index contributed by atoms with van der Waals surface area (Å²) >= 11 is 4.71. The monoisotopic (exact) mass is 158 g/mol. The van der Waals surface area contributed by atoms with Crippen LogP contribution >= 0.6 is 11.6 Å². The van der Waals surface area contributed by atoms with E-state index < -0.39 is 5.24 Å². The second-order valence-corrected chi connectivity index (χ2v) is 1.67. The number of rotatable bonds is 1. The molecule has 1 aromatic heterocycles. The van der Waals surface area contributed by atoms with E-state index in [1.54, 1.807) is 12.5 Å². The lowest BCUT2D eigenvalue weighted by atomic mass is 10.7. The number of hydrogen-bond acceptors (Lipinski definition) is 2. The zero-order chi connectivity index (χ0) is 7.82. The van der Waals surface area contributed by atoms with Crippen molar-refractivity contribution in [3.8, 4) is 0 Å². The lowest BCUT2D eigenvalue weighted by Gasteiger charge is -1.59. The van der Waals surface area contributed by atoms with Gasteiger partial charge in [0.1, 0.15) is 0 Å². The molecule has 0 fully saturated rings. The summed E-state index contributed by atoms with van der Waals surface area (Å²) in [6, 6.07) is 3.67. The maximum absolute atomic E-state index is 9.46. The molecule has 0 saturated heterocycles. The summed E-state index contributed by atoms with van der Waals surface area (Å²) in [6.45, 7) is 3.08. The Bertz CT molecular complexity index is 162. The Morgan fingerprint density at radius 3 is 2.00 bits per heavy atom. The van der Waals surface area contributed by atoms with Gasteiger partial charge in [-0.05, 0) is 29.8 Å². The van der Waals surface area contributed by atoms with Crippen LogP contribution in [-0.4, -0.2) is 5.24 Å². The van der Waals surface area contributed by atoms with E-state index in [9.17, 15) is 4.79 Å². The molecule has 0 spiro atoms. The molecule has 54 valence electrons. The molecule has 1 heterocycles. The van der Waals surface area contributed by atoms with Crippen molar-refractivity contribution in [2.24, 2.45) is 0 Å². The largest absolute Gasteiger partial charge is 0.473 e. The molecule has 1 aromatic rings. The van der Waals surface area contributed by atoms with Gasteiger partial charge in [-0.2, -0.15) is 0 Å². The molecule has 0 aliphatic rings. The third-order valence-corrected chi connectivity index (χ3v) is 0.740. The molecule has 0 aliphatic carbocycles. The van der Waals surface area contributed by atoms with Crippen LogP contribution in [0.1, 0.15) is 0 Å². The summed E-state index contributed by atoms with van der Waals surface area (Å²) in [7, 11) is 0. The highest BCUT2D eigenvalue weighted by atomic mass is 35.5. The second kappa shape index (κ2) is 6.11. The average Bonchev–Trinajstić information content (AvgIpc) is 2.43. The van der Waals surface area contributed by atoms with Gasteiger partial charge >= 0.3 is 0 Å². The summed E-state index contributed by atoms with van der Waals surface area (Å²) in [5.41, 5.74) is 0. The van der Waals surface area contributed by atoms with Gasteiger partial charge in [0, 0.05) is 0 Å². The minimum absolute atomic E-state index is 0.509. The third kappa shape index (κ3) is 6.98. The number of carbonyl (C=O) groups is 1. The topological polar surface area (TPSA) is 30.2 Å². The van der Waals surface area contributed by atoms with Gasteiger partial charge in [-0.25, -0.2) is 0 Å². The van der Waals surface area contributed by atoms with Crippen LogP contribution < -0.4 is 0 Å². The molecule has 0 amide bonds. The molecule has 0 radical (unpaired) electrons. The van der Waals surface area contributed by atoms with E-state index >= 15 is 0 Å². The standard InChI is InChI=1S/C4H4O.C3H3ClO/c1-2-4-5-3-1;1-2-3(4)5/h1-4H;2H,1H2. The average molecular weight is 159 g/mol. The van der Waals surface area contributed by atoms with Gasteiger partial charge in [0.15, 0.2) is 0 Å². The van der Waals surface area contributed by atoms with E-state index in [1.807, 2.05) is 12.1 Å². The van der Waals surface area contributed by atoms with Crippen molar-refractivity contribution in [2.45, 2.75) is 0 Å². The van der Waals surface area contributed by atoms with Crippen molar-refractivity contribution in [3.63, 3.8) is 0 Å². The molecule has 0 aliphatic heterocycles. The van der Waals surface area contributed by atoms with E-state index in [1.165, 1.54) is 0 Å². The fraction of sp³-hybridized carbons (Fsp3) is 0. The number of hydrogen-bond donors (Lipinski definition) is 0. The van der Waals surface area contributed by atoms with Crippen LogP contribution in [-0.2, 0) is 4.79 Å². The minimum atomic E-state index is -0.509. The quantitative estimate of drug-likeness (QED) is 0.464. The normalized spacial score (nSPS) is 7.30. The predicted octanol–water partition coefficient (Wildman–Crippen LogP) is 2.22. The zero-order valence-corrected chi connectivity index (χ0v) is 6.04. The highest BCUT2D eigenvalue weighted by Crippen LogP contribution is 1.79. The predicted molar refractivity (Wildman–Crippen MR) is 39.8 cm³/mol. The first kappa shape index (κ1) is 8.98. The first-order valence-corrected chi connectivity index (χ1v) is 2.94. The smallest absolute Gasteiger partial charge is 0.244 e. The lowest BCUT2D eigenvalue weighted by Crippen LogP contribution is -1.67. The van der Waals surface area contributed by atoms with Gasteiger partial charge in [-0.15, -0.1) is 0 Å². The number of carbonyl (C=O) groups excluding carboxylic acids is 1. The molecule has 3 heteroatoms. The van der Waals surface area contributed by atoms with Crippen LogP contribution in [0.15, 0.2) is 41.7 Å². The van der Waals surface area contributed by atoms with Crippen molar-refractivity contribution >= 4 is 16.8 Å². The van der Waals surface area contributed by atoms with Crippen LogP contribution in [0, 0.1) is 0 Å². The van der Waals surface area contributed by atoms with Crippen LogP contribution in [0.5, 0.6) is 0 Å². The van der Waals surface area contributed by atoms with Gasteiger partial charge in [0.2, 0.25) is 5.24 Å². The molecular formula is C7H7ClO2. The Labute approximate surface area is 64.1 Å². The van der Waals surface area contributed by atoms with Gasteiger partial charge < -0.3 is 4.42 Å². The van der Waals surface area contributed by atoms with Crippen molar-refractivity contribution in [2.75, 3.05) is 0 Å². The van der Waals surface area contributed by atoms with E-state index in [-0.39, 0.29) is 0 Å². The molecule has 0 bridgehead atoms. The van der Waals surface area contributed by atoms with Crippen molar-refractivity contribution < 1.29 is 9.21 Å². The Balaban J connectivity index is 0.000000162. The van der Waals surface area contributed by atoms with Crippen molar-refractivity contribution in [3.05, 3.63) is 37.3 Å². The van der Waals surface area contributed by atoms with Gasteiger partial charge in [0.25, 0.3) is 0 Å². The first-order valence-electron chi connectivity index (χ1n) is 2.56. The van der Waals surface area contributed by atoms with Crippen LogP contribution in [0.25, 0.3) is 0 Å². The van der Waals surface area contributed by atoms with Gasteiger partial charge in [-0.1, -0.05) is 6.58 Å². The van der Waals surface area contributed by atoms with E-state index in [0.717, 1.165) is 6.08 Å². The Hall–Kier alpha value is -1.02. The molecule has 0 atom stereocenters. The zero-order valence-electron chi connectivity index (χ0n) is 5.29. The second-order valence-electron chi connectivity index (χ2n) is 1.30. The van der Waals surface area contributed by atoms with Crippen molar-refractivity contribution in [1.82, 2.24) is 0 Å². The van der Waals surface area contributed by atoms with Crippen LogP contribution in [0.2, 0.25) is 0 Å².